The van der Waals surface area contributed by atoms with Crippen molar-refractivity contribution < 1.29 is 36.3 Å². The first kappa shape index (κ1) is 29.1. The van der Waals surface area contributed by atoms with Crippen molar-refractivity contribution in [1.29, 1.82) is 0 Å². The maximum atomic E-state index is 14.6. The minimum Gasteiger partial charge on any atom is -0.497 e. The van der Waals surface area contributed by atoms with Gasteiger partial charge in [0.15, 0.2) is 0 Å². The smallest absolute Gasteiger partial charge is 0.416 e. The molecule has 1 aliphatic heterocycles. The third-order valence-corrected chi connectivity index (χ3v) is 7.64. The van der Waals surface area contributed by atoms with Crippen LogP contribution in [0.5, 0.6) is 5.75 Å². The highest BCUT2D eigenvalue weighted by molar-refractivity contribution is 6.31. The predicted octanol–water partition coefficient (Wildman–Crippen LogP) is 7.29. The van der Waals surface area contributed by atoms with Crippen LogP contribution in [0.4, 0.5) is 27.6 Å². The van der Waals surface area contributed by atoms with E-state index >= 15 is 0 Å². The Balaban J connectivity index is 1.52. The second-order valence-corrected chi connectivity index (χ2v) is 10.4. The van der Waals surface area contributed by atoms with E-state index in [1.54, 1.807) is 24.3 Å². The van der Waals surface area contributed by atoms with Gasteiger partial charge < -0.3 is 15.0 Å². The van der Waals surface area contributed by atoms with Gasteiger partial charge in [0, 0.05) is 28.3 Å². The summed E-state index contributed by atoms with van der Waals surface area (Å²) in [5.41, 5.74) is -0.385. The molecule has 0 radical (unpaired) electrons. The highest BCUT2D eigenvalue weighted by Crippen LogP contribution is 2.46. The van der Waals surface area contributed by atoms with Crippen molar-refractivity contribution in [3.63, 3.8) is 0 Å². The van der Waals surface area contributed by atoms with Crippen LogP contribution in [0.25, 0.3) is 5.52 Å². The molecule has 2 amide bonds. The van der Waals surface area contributed by atoms with E-state index in [0.717, 1.165) is 6.07 Å². The fourth-order valence-corrected chi connectivity index (χ4v) is 5.53. The van der Waals surface area contributed by atoms with Crippen LogP contribution in [-0.2, 0) is 12.7 Å². The highest BCUT2D eigenvalue weighted by Gasteiger charge is 2.43. The SMILES string of the molecule is COc1ccc(CN2C(=O)c3c(c(NC(=O)c4cc(F)cc(C(F)(F)F)c4)cc4cncn34)C2c2cc(F)ccc2Cl)cc1. The summed E-state index contributed by atoms with van der Waals surface area (Å²) in [5, 5.41) is 2.68. The summed E-state index contributed by atoms with van der Waals surface area (Å²) >= 11 is 6.55. The van der Waals surface area contributed by atoms with E-state index in [0.29, 0.717) is 29.0 Å². The zero-order valence-corrected chi connectivity index (χ0v) is 23.4. The van der Waals surface area contributed by atoms with Crippen molar-refractivity contribution in [1.82, 2.24) is 14.3 Å². The summed E-state index contributed by atoms with van der Waals surface area (Å²) in [4.78, 5) is 33.0. The van der Waals surface area contributed by atoms with Crippen molar-refractivity contribution in [3.05, 3.63) is 129 Å². The lowest BCUT2D eigenvalue weighted by atomic mass is 9.97. The quantitative estimate of drug-likeness (QED) is 0.201. The van der Waals surface area contributed by atoms with Gasteiger partial charge in [-0.15, -0.1) is 0 Å². The summed E-state index contributed by atoms with van der Waals surface area (Å²) < 4.78 is 75.6. The van der Waals surface area contributed by atoms with E-state index in [2.05, 4.69) is 10.3 Å². The van der Waals surface area contributed by atoms with Gasteiger partial charge in [-0.2, -0.15) is 13.2 Å². The lowest BCUT2D eigenvalue weighted by molar-refractivity contribution is -0.137. The number of hydrogen-bond donors (Lipinski definition) is 1. The van der Waals surface area contributed by atoms with Crippen LogP contribution >= 0.6 is 11.6 Å². The lowest BCUT2D eigenvalue weighted by Crippen LogP contribution is -2.29. The average Bonchev–Trinajstić information content (AvgIpc) is 3.56. The first-order valence-corrected chi connectivity index (χ1v) is 13.4. The third-order valence-electron chi connectivity index (χ3n) is 7.29. The van der Waals surface area contributed by atoms with Crippen LogP contribution in [0.3, 0.4) is 0 Å². The molecule has 13 heteroatoms. The number of benzene rings is 3. The molecule has 7 nitrogen and oxygen atoms in total. The maximum Gasteiger partial charge on any atom is 0.416 e. The van der Waals surface area contributed by atoms with Gasteiger partial charge in [0.05, 0.1) is 42.4 Å². The molecule has 0 saturated heterocycles. The van der Waals surface area contributed by atoms with E-state index in [1.165, 1.54) is 47.1 Å². The predicted molar refractivity (Wildman–Crippen MR) is 151 cm³/mol. The number of aromatic nitrogens is 2. The molecule has 44 heavy (non-hydrogen) atoms. The van der Waals surface area contributed by atoms with Crippen LogP contribution in [0.15, 0.2) is 79.3 Å². The largest absolute Gasteiger partial charge is 0.497 e. The number of nitrogens with zero attached hydrogens (tertiary/aromatic N) is 3. The lowest BCUT2D eigenvalue weighted by Gasteiger charge is -2.27. The molecule has 1 unspecified atom stereocenters. The first-order chi connectivity index (χ1) is 20.9. The van der Waals surface area contributed by atoms with Gasteiger partial charge in [-0.3, -0.25) is 14.0 Å². The Labute approximate surface area is 251 Å². The van der Waals surface area contributed by atoms with E-state index in [-0.39, 0.29) is 40.1 Å². The second-order valence-electron chi connectivity index (χ2n) is 10.0. The molecule has 1 N–H and O–H groups in total. The Morgan fingerprint density at radius 3 is 2.48 bits per heavy atom. The number of ether oxygens (including phenoxy) is 1. The normalized spacial score (nSPS) is 14.7. The van der Waals surface area contributed by atoms with Crippen molar-refractivity contribution in [2.75, 3.05) is 12.4 Å². The number of methoxy groups -OCH3 is 1. The van der Waals surface area contributed by atoms with Gasteiger partial charge in [0.25, 0.3) is 11.8 Å². The summed E-state index contributed by atoms with van der Waals surface area (Å²) in [6.07, 6.45) is -2.09. The molecule has 0 fully saturated rings. The number of amides is 2. The van der Waals surface area contributed by atoms with Gasteiger partial charge in [-0.25, -0.2) is 13.8 Å². The van der Waals surface area contributed by atoms with E-state index in [9.17, 15) is 31.5 Å². The number of hydrogen-bond acceptors (Lipinski definition) is 4. The summed E-state index contributed by atoms with van der Waals surface area (Å²) in [6.45, 7) is 0.0252. The number of carbonyl (C=O) groups is 2. The molecule has 0 bridgehead atoms. The van der Waals surface area contributed by atoms with Crippen molar-refractivity contribution in [2.24, 2.45) is 0 Å². The number of pyridine rings is 1. The minimum absolute atomic E-state index is 0.0201. The summed E-state index contributed by atoms with van der Waals surface area (Å²) in [5.74, 6) is -2.88. The zero-order valence-electron chi connectivity index (χ0n) is 22.6. The standard InChI is InChI=1S/C31H20ClF5N4O3/c1-44-22-5-2-16(3-6-22)14-40-27(23-11-19(33)4-7-24(23)32)26-25(12-21-13-38-15-41(21)28(26)30(40)43)39-29(42)17-8-18(31(35,36)37)10-20(34)9-17/h2-13,15,27H,14H2,1H3,(H,39,42). The fourth-order valence-electron chi connectivity index (χ4n) is 5.31. The zero-order chi connectivity index (χ0) is 31.3. The van der Waals surface area contributed by atoms with E-state index < -0.39 is 46.8 Å². The maximum absolute atomic E-state index is 14.6. The fraction of sp³-hybridized carbons (Fsp3) is 0.129. The molecule has 2 aromatic heterocycles. The molecule has 6 rings (SSSR count). The number of halogens is 6. The van der Waals surface area contributed by atoms with Crippen LogP contribution in [0.1, 0.15) is 49.1 Å². The number of anilines is 1. The number of alkyl halides is 3. The molecule has 5 aromatic rings. The molecule has 0 spiro atoms. The van der Waals surface area contributed by atoms with Gasteiger partial charge in [-0.05, 0) is 60.2 Å². The number of nitrogens with one attached hydrogen (secondary N) is 1. The van der Waals surface area contributed by atoms with Gasteiger partial charge in [-0.1, -0.05) is 23.7 Å². The van der Waals surface area contributed by atoms with Crippen molar-refractivity contribution in [2.45, 2.75) is 18.8 Å². The Hall–Kier alpha value is -4.97. The Morgan fingerprint density at radius 1 is 1.02 bits per heavy atom. The van der Waals surface area contributed by atoms with Crippen LogP contribution in [-0.4, -0.2) is 33.2 Å². The number of imidazole rings is 1. The van der Waals surface area contributed by atoms with Crippen molar-refractivity contribution in [3.8, 4) is 5.75 Å². The van der Waals surface area contributed by atoms with Crippen LogP contribution in [0.2, 0.25) is 5.02 Å². The van der Waals surface area contributed by atoms with Gasteiger partial charge >= 0.3 is 6.18 Å². The molecule has 0 aliphatic carbocycles. The molecule has 1 atom stereocenters. The van der Waals surface area contributed by atoms with Crippen LogP contribution in [0, 0.1) is 11.6 Å². The average molecular weight is 627 g/mol. The molecular formula is C31H20ClF5N4O3. The summed E-state index contributed by atoms with van der Waals surface area (Å²) in [6, 6.07) is 12.5. The Kier molecular flexibility index (Phi) is 7.24. The summed E-state index contributed by atoms with van der Waals surface area (Å²) in [7, 11) is 1.51. The first-order valence-electron chi connectivity index (χ1n) is 13.0. The molecule has 0 saturated carbocycles. The monoisotopic (exact) mass is 626 g/mol. The molecule has 1 aliphatic rings. The Bertz CT molecular complexity index is 1940. The topological polar surface area (TPSA) is 75.9 Å². The second kappa shape index (κ2) is 10.9. The molecule has 224 valence electrons. The molecule has 3 heterocycles. The molecule has 3 aromatic carbocycles. The van der Waals surface area contributed by atoms with E-state index in [4.69, 9.17) is 16.3 Å². The van der Waals surface area contributed by atoms with Crippen LogP contribution < -0.4 is 10.1 Å². The van der Waals surface area contributed by atoms with Gasteiger partial charge in [0.2, 0.25) is 0 Å². The van der Waals surface area contributed by atoms with E-state index in [1.807, 2.05) is 0 Å². The highest BCUT2D eigenvalue weighted by atomic mass is 35.5. The Morgan fingerprint density at radius 2 is 1.77 bits per heavy atom. The number of fused-ring (bicyclic) bond motifs is 3. The molecular weight excluding hydrogens is 607 g/mol. The minimum atomic E-state index is -4.90. The third kappa shape index (κ3) is 5.21. The number of carbonyl (C=O) groups excluding carboxylic acids is 2. The van der Waals surface area contributed by atoms with Gasteiger partial charge in [0.1, 0.15) is 23.1 Å². The van der Waals surface area contributed by atoms with Crippen molar-refractivity contribution >= 4 is 34.6 Å². The number of rotatable bonds is 6.